The molecule has 1 aliphatic heterocycles. The van der Waals surface area contributed by atoms with E-state index in [-0.39, 0.29) is 6.54 Å². The summed E-state index contributed by atoms with van der Waals surface area (Å²) in [7, 11) is 0. The predicted molar refractivity (Wildman–Crippen MR) is 52.8 cm³/mol. The number of aromatic nitrogens is 2. The molecule has 2 unspecified atom stereocenters. The molecule has 1 N–H and O–H groups in total. The largest absolute Gasteiger partial charge is 0.479 e. The fourth-order valence-electron chi connectivity index (χ4n) is 1.84. The van der Waals surface area contributed by atoms with E-state index in [1.165, 1.54) is 0 Å². The minimum Gasteiger partial charge on any atom is -0.479 e. The highest BCUT2D eigenvalue weighted by molar-refractivity contribution is 5.72. The lowest BCUT2D eigenvalue weighted by atomic mass is 10.2. The number of ether oxygens (including phenoxy) is 1. The SMILES string of the molecule is O=C(O)C1CCC(Cn2cc(C(F)(F)F)cn2)O1. The lowest BCUT2D eigenvalue weighted by Gasteiger charge is -2.11. The van der Waals surface area contributed by atoms with Crippen molar-refractivity contribution in [1.29, 1.82) is 0 Å². The maximum absolute atomic E-state index is 12.3. The van der Waals surface area contributed by atoms with Crippen LogP contribution in [0.5, 0.6) is 0 Å². The molecule has 18 heavy (non-hydrogen) atoms. The summed E-state index contributed by atoms with van der Waals surface area (Å²) in [6.07, 6.45) is -3.20. The van der Waals surface area contributed by atoms with Gasteiger partial charge in [-0.05, 0) is 12.8 Å². The van der Waals surface area contributed by atoms with Gasteiger partial charge in [0.1, 0.15) is 0 Å². The Bertz CT molecular complexity index is 444. The summed E-state index contributed by atoms with van der Waals surface area (Å²) in [6, 6.07) is 0. The molecule has 1 aromatic heterocycles. The van der Waals surface area contributed by atoms with Crippen molar-refractivity contribution in [2.24, 2.45) is 0 Å². The van der Waals surface area contributed by atoms with Crippen LogP contribution in [0.3, 0.4) is 0 Å². The molecule has 8 heteroatoms. The number of alkyl halides is 3. The lowest BCUT2D eigenvalue weighted by Crippen LogP contribution is -2.23. The van der Waals surface area contributed by atoms with Gasteiger partial charge in [-0.1, -0.05) is 0 Å². The molecule has 0 aliphatic carbocycles. The average Bonchev–Trinajstić information content (AvgIpc) is 2.85. The van der Waals surface area contributed by atoms with Crippen LogP contribution in [0.4, 0.5) is 13.2 Å². The second-order valence-electron chi connectivity index (χ2n) is 4.11. The lowest BCUT2D eigenvalue weighted by molar-refractivity contribution is -0.149. The van der Waals surface area contributed by atoms with Gasteiger partial charge in [-0.3, -0.25) is 4.68 Å². The van der Waals surface area contributed by atoms with Gasteiger partial charge < -0.3 is 9.84 Å². The number of nitrogens with zero attached hydrogens (tertiary/aromatic N) is 2. The number of carboxylic acids is 1. The van der Waals surface area contributed by atoms with Crippen molar-refractivity contribution in [3.05, 3.63) is 18.0 Å². The molecule has 100 valence electrons. The molecule has 0 amide bonds. The molecule has 0 bridgehead atoms. The van der Waals surface area contributed by atoms with E-state index in [0.717, 1.165) is 17.1 Å². The van der Waals surface area contributed by atoms with Gasteiger partial charge in [-0.15, -0.1) is 0 Å². The summed E-state index contributed by atoms with van der Waals surface area (Å²) in [5.74, 6) is -1.05. The van der Waals surface area contributed by atoms with Crippen molar-refractivity contribution in [1.82, 2.24) is 9.78 Å². The summed E-state index contributed by atoms with van der Waals surface area (Å²) in [5, 5.41) is 12.3. The zero-order chi connectivity index (χ0) is 13.3. The maximum Gasteiger partial charge on any atom is 0.419 e. The monoisotopic (exact) mass is 264 g/mol. The number of hydrogen-bond donors (Lipinski definition) is 1. The second-order valence-corrected chi connectivity index (χ2v) is 4.11. The Morgan fingerprint density at radius 3 is 2.78 bits per heavy atom. The van der Waals surface area contributed by atoms with Crippen molar-refractivity contribution in [3.8, 4) is 0 Å². The van der Waals surface area contributed by atoms with Crippen LogP contribution in [0, 0.1) is 0 Å². The van der Waals surface area contributed by atoms with E-state index in [2.05, 4.69) is 5.10 Å². The summed E-state index contributed by atoms with van der Waals surface area (Å²) in [6.45, 7) is 0.125. The van der Waals surface area contributed by atoms with Crippen LogP contribution in [0.15, 0.2) is 12.4 Å². The Kier molecular flexibility index (Phi) is 3.29. The molecule has 1 aromatic rings. The first kappa shape index (κ1) is 12.9. The van der Waals surface area contributed by atoms with Gasteiger partial charge in [-0.25, -0.2) is 4.79 Å². The molecule has 0 aromatic carbocycles. The quantitative estimate of drug-likeness (QED) is 0.899. The third-order valence-electron chi connectivity index (χ3n) is 2.73. The van der Waals surface area contributed by atoms with E-state index >= 15 is 0 Å². The second kappa shape index (κ2) is 4.60. The van der Waals surface area contributed by atoms with Crippen LogP contribution < -0.4 is 0 Å². The molecular formula is C10H11F3N2O3. The molecule has 1 fully saturated rings. The third-order valence-corrected chi connectivity index (χ3v) is 2.73. The molecule has 5 nitrogen and oxygen atoms in total. The van der Waals surface area contributed by atoms with E-state index in [9.17, 15) is 18.0 Å². The molecular weight excluding hydrogens is 253 g/mol. The van der Waals surface area contributed by atoms with Gasteiger partial charge in [0.25, 0.3) is 0 Å². The van der Waals surface area contributed by atoms with Gasteiger partial charge in [0, 0.05) is 6.20 Å². The number of rotatable bonds is 3. The maximum atomic E-state index is 12.3. The molecule has 0 saturated carbocycles. The van der Waals surface area contributed by atoms with Crippen LogP contribution >= 0.6 is 0 Å². The topological polar surface area (TPSA) is 64.3 Å². The van der Waals surface area contributed by atoms with E-state index in [1.807, 2.05) is 0 Å². The number of hydrogen-bond acceptors (Lipinski definition) is 3. The summed E-state index contributed by atoms with van der Waals surface area (Å²) in [5.41, 5.74) is -0.824. The number of carbonyl (C=O) groups is 1. The van der Waals surface area contributed by atoms with E-state index in [1.54, 1.807) is 0 Å². The summed E-state index contributed by atoms with van der Waals surface area (Å²) >= 11 is 0. The average molecular weight is 264 g/mol. The van der Waals surface area contributed by atoms with Gasteiger partial charge in [0.2, 0.25) is 0 Å². The van der Waals surface area contributed by atoms with E-state index < -0.39 is 29.9 Å². The molecule has 0 radical (unpaired) electrons. The Morgan fingerprint density at radius 1 is 1.56 bits per heavy atom. The molecule has 2 atom stereocenters. The molecule has 2 heterocycles. The normalized spacial score (nSPS) is 24.4. The Morgan fingerprint density at radius 2 is 2.28 bits per heavy atom. The van der Waals surface area contributed by atoms with Gasteiger partial charge >= 0.3 is 12.1 Å². The molecule has 1 aliphatic rings. The summed E-state index contributed by atoms with van der Waals surface area (Å²) < 4.78 is 43.3. The van der Waals surface area contributed by atoms with Crippen molar-refractivity contribution in [2.45, 2.75) is 37.8 Å². The van der Waals surface area contributed by atoms with Crippen molar-refractivity contribution in [2.75, 3.05) is 0 Å². The number of carboxylic acid groups (broad SMARTS) is 1. The highest BCUT2D eigenvalue weighted by Gasteiger charge is 2.34. The van der Waals surface area contributed by atoms with Crippen LogP contribution in [0.2, 0.25) is 0 Å². The van der Waals surface area contributed by atoms with Crippen molar-refractivity contribution >= 4 is 5.97 Å². The van der Waals surface area contributed by atoms with Crippen LogP contribution in [-0.4, -0.2) is 33.1 Å². The Labute approximate surface area is 100 Å². The van der Waals surface area contributed by atoms with Crippen molar-refractivity contribution < 1.29 is 27.8 Å². The Hall–Kier alpha value is -1.57. The van der Waals surface area contributed by atoms with Gasteiger partial charge in [0.05, 0.1) is 24.4 Å². The van der Waals surface area contributed by atoms with Gasteiger partial charge in [-0.2, -0.15) is 18.3 Å². The van der Waals surface area contributed by atoms with Crippen LogP contribution in [0.25, 0.3) is 0 Å². The zero-order valence-electron chi connectivity index (χ0n) is 9.22. The first-order chi connectivity index (χ1) is 8.36. The first-order valence-electron chi connectivity index (χ1n) is 5.34. The predicted octanol–water partition coefficient (Wildman–Crippen LogP) is 1.53. The molecule has 0 spiro atoms. The number of aliphatic carboxylic acids is 1. The number of halogens is 3. The highest BCUT2D eigenvalue weighted by atomic mass is 19.4. The standard InChI is InChI=1S/C10H11F3N2O3/c11-10(12,13)6-3-14-15(4-6)5-7-1-2-8(18-7)9(16)17/h3-4,7-8H,1-2,5H2,(H,16,17). The molecule has 1 saturated heterocycles. The summed E-state index contributed by atoms with van der Waals surface area (Å²) in [4.78, 5) is 10.6. The Balaban J connectivity index is 1.95. The fraction of sp³-hybridized carbons (Fsp3) is 0.600. The fourth-order valence-corrected chi connectivity index (χ4v) is 1.84. The van der Waals surface area contributed by atoms with Crippen molar-refractivity contribution in [3.63, 3.8) is 0 Å². The minimum atomic E-state index is -4.42. The van der Waals surface area contributed by atoms with E-state index in [4.69, 9.17) is 9.84 Å². The highest BCUT2D eigenvalue weighted by Crippen LogP contribution is 2.29. The zero-order valence-corrected chi connectivity index (χ0v) is 9.22. The van der Waals surface area contributed by atoms with E-state index in [0.29, 0.717) is 12.8 Å². The van der Waals surface area contributed by atoms with Gasteiger partial charge in [0.15, 0.2) is 6.10 Å². The smallest absolute Gasteiger partial charge is 0.419 e. The molecule has 2 rings (SSSR count). The van der Waals surface area contributed by atoms with Crippen LogP contribution in [-0.2, 0) is 22.3 Å². The first-order valence-corrected chi connectivity index (χ1v) is 5.34. The van der Waals surface area contributed by atoms with Crippen LogP contribution in [0.1, 0.15) is 18.4 Å². The third kappa shape index (κ3) is 2.81. The minimum absolute atomic E-state index is 0.125.